The average molecular weight is 488 g/mol. The van der Waals surface area contributed by atoms with Crippen LogP contribution in [-0.2, 0) is 9.59 Å². The van der Waals surface area contributed by atoms with Crippen molar-refractivity contribution < 1.29 is 28.5 Å². The van der Waals surface area contributed by atoms with Gasteiger partial charge in [-0.2, -0.15) is 5.26 Å². The molecule has 3 aromatic rings. The van der Waals surface area contributed by atoms with Gasteiger partial charge in [-0.1, -0.05) is 24.3 Å². The molecule has 2 N–H and O–H groups in total. The van der Waals surface area contributed by atoms with Crippen molar-refractivity contribution in [2.75, 3.05) is 27.9 Å². The molecular formula is C27H25N3O6. The van der Waals surface area contributed by atoms with Crippen molar-refractivity contribution in [2.45, 2.75) is 0 Å². The fourth-order valence-corrected chi connectivity index (χ4v) is 3.21. The highest BCUT2D eigenvalue weighted by molar-refractivity contribution is 5.93. The Morgan fingerprint density at radius 3 is 1.97 bits per heavy atom. The van der Waals surface area contributed by atoms with Gasteiger partial charge in [0.2, 0.25) is 5.75 Å². The lowest BCUT2D eigenvalue weighted by Crippen LogP contribution is -2.43. The molecule has 3 aromatic carbocycles. The molecule has 0 aliphatic heterocycles. The monoisotopic (exact) mass is 487 g/mol. The van der Waals surface area contributed by atoms with Crippen molar-refractivity contribution in [3.8, 4) is 40.2 Å². The van der Waals surface area contributed by atoms with Gasteiger partial charge in [-0.05, 0) is 59.2 Å². The smallest absolute Gasteiger partial charge is 0.276 e. The normalized spacial score (nSPS) is 10.3. The average Bonchev–Trinajstić information content (AvgIpc) is 2.93. The van der Waals surface area contributed by atoms with Crippen LogP contribution < -0.4 is 29.8 Å². The van der Waals surface area contributed by atoms with Crippen molar-refractivity contribution in [1.29, 1.82) is 5.26 Å². The molecule has 0 radical (unpaired) electrons. The van der Waals surface area contributed by atoms with E-state index in [1.807, 2.05) is 24.3 Å². The summed E-state index contributed by atoms with van der Waals surface area (Å²) in [6, 6.07) is 19.8. The number of nitrogens with zero attached hydrogens (tertiary/aromatic N) is 1. The largest absolute Gasteiger partial charge is 0.493 e. The Morgan fingerprint density at radius 2 is 1.44 bits per heavy atom. The Labute approximate surface area is 208 Å². The van der Waals surface area contributed by atoms with E-state index in [0.717, 1.165) is 11.1 Å². The topological polar surface area (TPSA) is 119 Å². The molecule has 184 valence electrons. The third-order valence-electron chi connectivity index (χ3n) is 5.01. The van der Waals surface area contributed by atoms with Crippen molar-refractivity contribution in [3.63, 3.8) is 0 Å². The van der Waals surface area contributed by atoms with Crippen LogP contribution in [0.2, 0.25) is 0 Å². The SMILES string of the molecule is COc1cc(C=CC(=O)NNC(=O)COc2ccc(-c3ccc(C#N)cc3)cc2)cc(OC)c1OC. The van der Waals surface area contributed by atoms with Crippen LogP contribution in [0.5, 0.6) is 23.0 Å². The summed E-state index contributed by atoms with van der Waals surface area (Å²) < 4.78 is 21.3. The maximum absolute atomic E-state index is 12.1. The zero-order chi connectivity index (χ0) is 25.9. The number of ether oxygens (including phenoxy) is 4. The minimum atomic E-state index is -0.538. The summed E-state index contributed by atoms with van der Waals surface area (Å²) in [6.07, 6.45) is 2.79. The van der Waals surface area contributed by atoms with E-state index < -0.39 is 11.8 Å². The molecule has 0 aromatic heterocycles. The van der Waals surface area contributed by atoms with Crippen LogP contribution >= 0.6 is 0 Å². The van der Waals surface area contributed by atoms with E-state index in [1.165, 1.54) is 33.5 Å². The first-order valence-electron chi connectivity index (χ1n) is 10.8. The Bertz CT molecular complexity index is 1250. The summed E-state index contributed by atoms with van der Waals surface area (Å²) >= 11 is 0. The number of nitrogens with one attached hydrogen (secondary N) is 2. The molecule has 0 spiro atoms. The molecule has 0 aliphatic carbocycles. The molecule has 0 heterocycles. The first kappa shape index (κ1) is 25.6. The third-order valence-corrected chi connectivity index (χ3v) is 5.01. The highest BCUT2D eigenvalue weighted by Crippen LogP contribution is 2.38. The number of methoxy groups -OCH3 is 3. The molecule has 0 fully saturated rings. The van der Waals surface area contributed by atoms with E-state index in [0.29, 0.717) is 34.1 Å². The number of amides is 2. The predicted molar refractivity (Wildman–Crippen MR) is 134 cm³/mol. The number of nitriles is 1. The molecule has 0 unspecified atom stereocenters. The summed E-state index contributed by atoms with van der Waals surface area (Å²) in [7, 11) is 4.50. The van der Waals surface area contributed by atoms with E-state index >= 15 is 0 Å². The van der Waals surface area contributed by atoms with Crippen molar-refractivity contribution in [2.24, 2.45) is 0 Å². The second-order valence-corrected chi connectivity index (χ2v) is 7.33. The number of hydrogen-bond acceptors (Lipinski definition) is 7. The van der Waals surface area contributed by atoms with Gasteiger partial charge in [0.25, 0.3) is 11.8 Å². The highest BCUT2D eigenvalue weighted by Gasteiger charge is 2.12. The Morgan fingerprint density at radius 1 is 0.861 bits per heavy atom. The van der Waals surface area contributed by atoms with Gasteiger partial charge in [-0.3, -0.25) is 20.4 Å². The Hall–Kier alpha value is -4.97. The van der Waals surface area contributed by atoms with Crippen molar-refractivity contribution >= 4 is 17.9 Å². The van der Waals surface area contributed by atoms with Gasteiger partial charge in [0.05, 0.1) is 33.0 Å². The fraction of sp³-hybridized carbons (Fsp3) is 0.148. The molecule has 36 heavy (non-hydrogen) atoms. The minimum absolute atomic E-state index is 0.285. The fourth-order valence-electron chi connectivity index (χ4n) is 3.21. The molecule has 0 saturated heterocycles. The molecular weight excluding hydrogens is 462 g/mol. The van der Waals surface area contributed by atoms with Crippen LogP contribution in [-0.4, -0.2) is 39.8 Å². The summed E-state index contributed by atoms with van der Waals surface area (Å²) in [5.41, 5.74) is 7.72. The number of hydrogen-bond donors (Lipinski definition) is 2. The number of benzene rings is 3. The van der Waals surface area contributed by atoms with Gasteiger partial charge in [0, 0.05) is 6.08 Å². The summed E-state index contributed by atoms with van der Waals surface area (Å²) in [6.45, 7) is -0.285. The van der Waals surface area contributed by atoms with E-state index in [1.54, 1.807) is 36.4 Å². The van der Waals surface area contributed by atoms with Gasteiger partial charge in [0.15, 0.2) is 18.1 Å². The van der Waals surface area contributed by atoms with Gasteiger partial charge >= 0.3 is 0 Å². The lowest BCUT2D eigenvalue weighted by atomic mass is 10.0. The molecule has 9 nitrogen and oxygen atoms in total. The maximum Gasteiger partial charge on any atom is 0.276 e. The highest BCUT2D eigenvalue weighted by atomic mass is 16.5. The lowest BCUT2D eigenvalue weighted by Gasteiger charge is -2.12. The lowest BCUT2D eigenvalue weighted by molar-refractivity contribution is -0.128. The molecule has 0 aliphatic rings. The summed E-state index contributed by atoms with van der Waals surface area (Å²) in [4.78, 5) is 24.1. The number of rotatable bonds is 9. The minimum Gasteiger partial charge on any atom is -0.493 e. The molecule has 3 rings (SSSR count). The van der Waals surface area contributed by atoms with E-state index in [2.05, 4.69) is 16.9 Å². The Kier molecular flexibility index (Phi) is 8.89. The van der Waals surface area contributed by atoms with E-state index in [4.69, 9.17) is 24.2 Å². The second kappa shape index (κ2) is 12.5. The van der Waals surface area contributed by atoms with Gasteiger partial charge in [-0.15, -0.1) is 0 Å². The first-order valence-corrected chi connectivity index (χ1v) is 10.8. The van der Waals surface area contributed by atoms with Crippen molar-refractivity contribution in [3.05, 3.63) is 77.9 Å². The Balaban J connectivity index is 1.48. The van der Waals surface area contributed by atoms with Crippen LogP contribution in [0.3, 0.4) is 0 Å². The number of carbonyl (C=O) groups is 2. The molecule has 2 amide bonds. The maximum atomic E-state index is 12.1. The zero-order valence-corrected chi connectivity index (χ0v) is 20.0. The quantitative estimate of drug-likeness (QED) is 0.350. The standard InChI is InChI=1S/C27H25N3O6/c1-33-23-14-19(15-24(34-2)27(23)35-3)6-13-25(31)29-30-26(32)17-36-22-11-9-21(10-12-22)20-7-4-18(16-28)5-8-20/h4-15H,17H2,1-3H3,(H,29,31)(H,30,32). The van der Waals surface area contributed by atoms with Gasteiger partial charge < -0.3 is 18.9 Å². The summed E-state index contributed by atoms with van der Waals surface area (Å²) in [5, 5.41) is 8.90. The first-order chi connectivity index (χ1) is 17.5. The molecule has 0 bridgehead atoms. The predicted octanol–water partition coefficient (Wildman–Crippen LogP) is 3.49. The zero-order valence-electron chi connectivity index (χ0n) is 20.0. The number of hydrazine groups is 1. The third kappa shape index (κ3) is 6.77. The van der Waals surface area contributed by atoms with Crippen LogP contribution in [0.1, 0.15) is 11.1 Å². The van der Waals surface area contributed by atoms with E-state index in [9.17, 15) is 9.59 Å². The number of carbonyl (C=O) groups excluding carboxylic acids is 2. The van der Waals surface area contributed by atoms with Crippen molar-refractivity contribution in [1.82, 2.24) is 10.9 Å². The summed E-state index contributed by atoms with van der Waals surface area (Å²) in [5.74, 6) is 0.776. The molecule has 0 saturated carbocycles. The van der Waals surface area contributed by atoms with Gasteiger partial charge in [0.1, 0.15) is 5.75 Å². The molecule has 9 heteroatoms. The second-order valence-electron chi connectivity index (χ2n) is 7.33. The van der Waals surface area contributed by atoms with Crippen LogP contribution in [0.4, 0.5) is 0 Å². The van der Waals surface area contributed by atoms with Gasteiger partial charge in [-0.25, -0.2) is 0 Å². The van der Waals surface area contributed by atoms with Crippen LogP contribution in [0.25, 0.3) is 17.2 Å². The van der Waals surface area contributed by atoms with Crippen LogP contribution in [0, 0.1) is 11.3 Å². The molecule has 0 atom stereocenters. The van der Waals surface area contributed by atoms with E-state index in [-0.39, 0.29) is 6.61 Å². The van der Waals surface area contributed by atoms with Crippen LogP contribution in [0.15, 0.2) is 66.7 Å².